The molecule has 21 heavy (non-hydrogen) atoms. The van der Waals surface area contributed by atoms with Gasteiger partial charge in [-0.2, -0.15) is 0 Å². The Morgan fingerprint density at radius 3 is 2.52 bits per heavy atom. The van der Waals surface area contributed by atoms with Crippen molar-refractivity contribution >= 4 is 27.5 Å². The van der Waals surface area contributed by atoms with Crippen LogP contribution in [0.15, 0.2) is 34.8 Å². The van der Waals surface area contributed by atoms with E-state index < -0.39 is 17.0 Å². The van der Waals surface area contributed by atoms with E-state index in [0.29, 0.717) is 23.5 Å². The molecule has 0 saturated carbocycles. The van der Waals surface area contributed by atoms with Crippen LogP contribution in [0.4, 0.5) is 8.78 Å². The van der Waals surface area contributed by atoms with E-state index in [1.807, 2.05) is 6.92 Å². The Kier molecular flexibility index (Phi) is 5.22. The summed E-state index contributed by atoms with van der Waals surface area (Å²) < 4.78 is 33.4. The molecule has 0 aliphatic heterocycles. The van der Waals surface area contributed by atoms with Gasteiger partial charge in [-0.3, -0.25) is 0 Å². The molecule has 1 nitrogen and oxygen atoms in total. The Hall–Kier alpha value is -1.13. The minimum absolute atomic E-state index is 0.256. The minimum atomic E-state index is -0.698. The fourth-order valence-electron chi connectivity index (χ4n) is 2.00. The molecule has 0 aliphatic rings. The molecule has 0 N–H and O–H groups in total. The Morgan fingerprint density at radius 2 is 1.90 bits per heavy atom. The average Bonchev–Trinajstić information content (AvgIpc) is 2.44. The zero-order valence-corrected chi connectivity index (χ0v) is 13.9. The van der Waals surface area contributed by atoms with Crippen molar-refractivity contribution in [2.24, 2.45) is 0 Å². The van der Waals surface area contributed by atoms with Gasteiger partial charge in [-0.1, -0.05) is 6.07 Å². The van der Waals surface area contributed by atoms with Gasteiger partial charge in [-0.15, -0.1) is 11.6 Å². The molecule has 0 bridgehead atoms. The van der Waals surface area contributed by atoms with Gasteiger partial charge in [0.1, 0.15) is 17.4 Å². The van der Waals surface area contributed by atoms with Gasteiger partial charge in [0, 0.05) is 11.6 Å². The SMILES string of the molecule is CCOc1ccc(C(Cl)c2cc(C)c(F)cc2F)cc1Br. The van der Waals surface area contributed by atoms with Crippen LogP contribution in [-0.2, 0) is 0 Å². The highest BCUT2D eigenvalue weighted by Gasteiger charge is 2.18. The van der Waals surface area contributed by atoms with Gasteiger partial charge in [0.25, 0.3) is 0 Å². The summed E-state index contributed by atoms with van der Waals surface area (Å²) in [6.45, 7) is 4.02. The van der Waals surface area contributed by atoms with Crippen LogP contribution in [0, 0.1) is 18.6 Å². The fraction of sp³-hybridized carbons (Fsp3) is 0.250. The number of rotatable bonds is 4. The van der Waals surface area contributed by atoms with Crippen LogP contribution in [0.25, 0.3) is 0 Å². The molecule has 1 unspecified atom stereocenters. The lowest BCUT2D eigenvalue weighted by molar-refractivity contribution is 0.338. The monoisotopic (exact) mass is 374 g/mol. The van der Waals surface area contributed by atoms with E-state index in [1.165, 1.54) is 6.07 Å². The number of halogens is 4. The van der Waals surface area contributed by atoms with Crippen molar-refractivity contribution in [1.82, 2.24) is 0 Å². The van der Waals surface area contributed by atoms with Crippen LogP contribution < -0.4 is 4.74 Å². The molecule has 112 valence electrons. The van der Waals surface area contributed by atoms with E-state index in [1.54, 1.807) is 25.1 Å². The first kappa shape index (κ1) is 16.2. The lowest BCUT2D eigenvalue weighted by Crippen LogP contribution is -2.00. The number of hydrogen-bond donors (Lipinski definition) is 0. The number of alkyl halides is 1. The molecule has 0 aliphatic carbocycles. The Bertz CT molecular complexity index is 661. The van der Waals surface area contributed by atoms with Gasteiger partial charge in [-0.05, 0) is 59.1 Å². The maximum atomic E-state index is 13.9. The second-order valence-electron chi connectivity index (χ2n) is 4.61. The average molecular weight is 376 g/mol. The molecule has 2 rings (SSSR count). The number of benzene rings is 2. The molecule has 2 aromatic rings. The number of hydrogen-bond acceptors (Lipinski definition) is 1. The zero-order valence-electron chi connectivity index (χ0n) is 11.6. The number of aryl methyl sites for hydroxylation is 1. The predicted molar refractivity (Wildman–Crippen MR) is 84.1 cm³/mol. The van der Waals surface area contributed by atoms with Gasteiger partial charge in [0.05, 0.1) is 16.5 Å². The Morgan fingerprint density at radius 1 is 1.19 bits per heavy atom. The summed E-state index contributed by atoms with van der Waals surface area (Å²) in [5.74, 6) is -0.531. The van der Waals surface area contributed by atoms with Crippen molar-refractivity contribution in [1.29, 1.82) is 0 Å². The van der Waals surface area contributed by atoms with Crippen molar-refractivity contribution < 1.29 is 13.5 Å². The van der Waals surface area contributed by atoms with Gasteiger partial charge in [0.15, 0.2) is 0 Å². The first-order chi connectivity index (χ1) is 9.93. The van der Waals surface area contributed by atoms with Gasteiger partial charge in [0.2, 0.25) is 0 Å². The third kappa shape index (κ3) is 3.55. The third-order valence-electron chi connectivity index (χ3n) is 3.10. The van der Waals surface area contributed by atoms with Gasteiger partial charge < -0.3 is 4.74 Å². The molecule has 0 spiro atoms. The molecule has 2 aromatic carbocycles. The highest BCUT2D eigenvalue weighted by atomic mass is 79.9. The quantitative estimate of drug-likeness (QED) is 0.617. The fourth-order valence-corrected chi connectivity index (χ4v) is 2.81. The van der Waals surface area contributed by atoms with E-state index in [2.05, 4.69) is 15.9 Å². The highest BCUT2D eigenvalue weighted by molar-refractivity contribution is 9.10. The third-order valence-corrected chi connectivity index (χ3v) is 4.21. The first-order valence-electron chi connectivity index (χ1n) is 6.46. The summed E-state index contributed by atoms with van der Waals surface area (Å²) in [7, 11) is 0. The summed E-state index contributed by atoms with van der Waals surface area (Å²) >= 11 is 9.73. The maximum Gasteiger partial charge on any atom is 0.133 e. The van der Waals surface area contributed by atoms with E-state index in [0.717, 1.165) is 10.5 Å². The highest BCUT2D eigenvalue weighted by Crippen LogP contribution is 2.35. The Balaban J connectivity index is 2.38. The summed E-state index contributed by atoms with van der Waals surface area (Å²) in [6.07, 6.45) is 0. The molecule has 1 atom stereocenters. The maximum absolute atomic E-state index is 13.9. The molecular formula is C16H14BrClF2O. The molecular weight excluding hydrogens is 362 g/mol. The van der Waals surface area contributed by atoms with E-state index in [4.69, 9.17) is 16.3 Å². The molecule has 0 aromatic heterocycles. The predicted octanol–water partition coefficient (Wildman–Crippen LogP) is 5.76. The second kappa shape index (κ2) is 6.75. The van der Waals surface area contributed by atoms with E-state index in [-0.39, 0.29) is 5.56 Å². The second-order valence-corrected chi connectivity index (χ2v) is 5.90. The molecule has 0 heterocycles. The number of ether oxygens (including phenoxy) is 1. The lowest BCUT2D eigenvalue weighted by atomic mass is 10.0. The van der Waals surface area contributed by atoms with Crippen LogP contribution in [0.3, 0.4) is 0 Å². The summed E-state index contributed by atoms with van der Waals surface area (Å²) in [4.78, 5) is 0. The molecule has 0 fully saturated rings. The van der Waals surface area contributed by atoms with Crippen LogP contribution in [-0.4, -0.2) is 6.61 Å². The van der Waals surface area contributed by atoms with Crippen LogP contribution in [0.5, 0.6) is 5.75 Å². The normalized spacial score (nSPS) is 12.3. The van der Waals surface area contributed by atoms with Crippen LogP contribution in [0.2, 0.25) is 0 Å². The van der Waals surface area contributed by atoms with Crippen LogP contribution in [0.1, 0.15) is 29.0 Å². The van der Waals surface area contributed by atoms with Crippen LogP contribution >= 0.6 is 27.5 Å². The molecule has 0 saturated heterocycles. The van der Waals surface area contributed by atoms with Crippen molar-refractivity contribution in [2.45, 2.75) is 19.2 Å². The molecule has 5 heteroatoms. The Labute approximate surface area is 136 Å². The summed E-state index contributed by atoms with van der Waals surface area (Å²) in [6, 6.07) is 7.62. The first-order valence-corrected chi connectivity index (χ1v) is 7.68. The standard InChI is InChI=1S/C16H14BrClF2O/c1-3-21-15-5-4-10(7-12(15)17)16(18)11-6-9(2)13(19)8-14(11)20/h4-8,16H,3H2,1-2H3. The minimum Gasteiger partial charge on any atom is -0.493 e. The largest absolute Gasteiger partial charge is 0.493 e. The van der Waals surface area contributed by atoms with Crippen molar-refractivity contribution in [3.63, 3.8) is 0 Å². The van der Waals surface area contributed by atoms with Crippen molar-refractivity contribution in [3.05, 3.63) is 63.1 Å². The smallest absolute Gasteiger partial charge is 0.133 e. The zero-order chi connectivity index (χ0) is 15.6. The molecule has 0 amide bonds. The van der Waals surface area contributed by atoms with E-state index >= 15 is 0 Å². The topological polar surface area (TPSA) is 9.23 Å². The summed E-state index contributed by atoms with van der Waals surface area (Å²) in [5, 5.41) is -0.698. The van der Waals surface area contributed by atoms with Gasteiger partial charge in [-0.25, -0.2) is 8.78 Å². The van der Waals surface area contributed by atoms with Gasteiger partial charge >= 0.3 is 0 Å². The van der Waals surface area contributed by atoms with E-state index in [9.17, 15) is 8.78 Å². The molecule has 0 radical (unpaired) electrons. The van der Waals surface area contributed by atoms with Crippen molar-refractivity contribution in [3.8, 4) is 5.75 Å². The summed E-state index contributed by atoms with van der Waals surface area (Å²) in [5.41, 5.74) is 1.32. The van der Waals surface area contributed by atoms with Crippen molar-refractivity contribution in [2.75, 3.05) is 6.61 Å². The lowest BCUT2D eigenvalue weighted by Gasteiger charge is -2.14.